The molecule has 2 rings (SSSR count). The topological polar surface area (TPSA) is 96.5 Å². The molecule has 7 nitrogen and oxygen atoms in total. The highest BCUT2D eigenvalue weighted by molar-refractivity contribution is 5.94. The lowest BCUT2D eigenvalue weighted by Crippen LogP contribution is -2.47. The average molecular weight is 412 g/mol. The monoisotopic (exact) mass is 411 g/mol. The number of hydrogen-bond acceptors (Lipinski definition) is 4. The van der Waals surface area contributed by atoms with Crippen LogP contribution in [0.1, 0.15) is 42.0 Å². The van der Waals surface area contributed by atoms with Gasteiger partial charge in [0.2, 0.25) is 11.8 Å². The lowest BCUT2D eigenvalue weighted by Gasteiger charge is -2.18. The summed E-state index contributed by atoms with van der Waals surface area (Å²) in [5, 5.41) is 2.79. The molecule has 3 N–H and O–H groups in total. The summed E-state index contributed by atoms with van der Waals surface area (Å²) in [5.41, 5.74) is 9.29. The number of hydrazine groups is 1. The maximum atomic E-state index is 12.2. The van der Waals surface area contributed by atoms with Gasteiger partial charge in [-0.25, -0.2) is 0 Å². The number of aryl methyl sites for hydroxylation is 4. The van der Waals surface area contributed by atoms with Gasteiger partial charge in [0.1, 0.15) is 5.75 Å². The quantitative estimate of drug-likeness (QED) is 0.610. The van der Waals surface area contributed by atoms with E-state index in [1.165, 1.54) is 0 Å². The summed E-state index contributed by atoms with van der Waals surface area (Å²) in [6.45, 7) is 9.29. The number of hydrogen-bond donors (Lipinski definition) is 3. The van der Waals surface area contributed by atoms with Gasteiger partial charge in [0.25, 0.3) is 5.91 Å². The molecule has 1 atom stereocenters. The minimum absolute atomic E-state index is 0.00345. The molecule has 0 aliphatic rings. The van der Waals surface area contributed by atoms with Crippen LogP contribution in [0.25, 0.3) is 0 Å². The molecular weight excluding hydrogens is 382 g/mol. The lowest BCUT2D eigenvalue weighted by atomic mass is 10.1. The van der Waals surface area contributed by atoms with Gasteiger partial charge in [-0.3, -0.25) is 25.2 Å². The summed E-state index contributed by atoms with van der Waals surface area (Å²) < 4.78 is 5.73. The minimum atomic E-state index is -0.794. The number of amides is 3. The van der Waals surface area contributed by atoms with Crippen LogP contribution in [0.4, 0.5) is 5.69 Å². The van der Waals surface area contributed by atoms with E-state index in [0.29, 0.717) is 5.75 Å². The van der Waals surface area contributed by atoms with Crippen LogP contribution in [0.5, 0.6) is 5.75 Å². The van der Waals surface area contributed by atoms with E-state index >= 15 is 0 Å². The van der Waals surface area contributed by atoms with Crippen molar-refractivity contribution in [2.75, 3.05) is 5.32 Å². The molecule has 0 spiro atoms. The van der Waals surface area contributed by atoms with Crippen molar-refractivity contribution in [3.05, 3.63) is 58.7 Å². The SMILES string of the molecule is Cc1ccc(NC(=O)CCC(=O)NNC(=O)C(C)Oc2c(C)cccc2C)c(C)c1. The average Bonchev–Trinajstić information content (AvgIpc) is 2.69. The Kier molecular flexibility index (Phi) is 7.98. The van der Waals surface area contributed by atoms with Crippen LogP contribution in [-0.4, -0.2) is 23.8 Å². The van der Waals surface area contributed by atoms with Crippen molar-refractivity contribution in [1.29, 1.82) is 0 Å². The van der Waals surface area contributed by atoms with Gasteiger partial charge in [-0.2, -0.15) is 0 Å². The molecule has 2 aromatic carbocycles. The van der Waals surface area contributed by atoms with Gasteiger partial charge in [-0.05, 0) is 57.4 Å². The third-order valence-electron chi connectivity index (χ3n) is 4.63. The van der Waals surface area contributed by atoms with E-state index in [4.69, 9.17) is 4.74 Å². The number of para-hydroxylation sites is 1. The smallest absolute Gasteiger partial charge is 0.279 e. The van der Waals surface area contributed by atoms with E-state index in [1.54, 1.807) is 6.92 Å². The fourth-order valence-corrected chi connectivity index (χ4v) is 2.90. The van der Waals surface area contributed by atoms with Gasteiger partial charge in [0, 0.05) is 18.5 Å². The number of benzene rings is 2. The van der Waals surface area contributed by atoms with E-state index in [9.17, 15) is 14.4 Å². The van der Waals surface area contributed by atoms with Gasteiger partial charge in [0.05, 0.1) is 0 Å². The third kappa shape index (κ3) is 6.62. The lowest BCUT2D eigenvalue weighted by molar-refractivity contribution is -0.133. The molecule has 0 saturated heterocycles. The maximum Gasteiger partial charge on any atom is 0.279 e. The zero-order chi connectivity index (χ0) is 22.3. The van der Waals surface area contributed by atoms with Gasteiger partial charge >= 0.3 is 0 Å². The summed E-state index contributed by atoms with van der Waals surface area (Å²) in [6, 6.07) is 11.4. The number of carbonyl (C=O) groups is 3. The standard InChI is InChI=1S/C23H29N3O4/c1-14-9-10-19(17(4)13-14)24-20(27)11-12-21(28)25-26-23(29)18(5)30-22-15(2)7-6-8-16(22)3/h6-10,13,18H,11-12H2,1-5H3,(H,24,27)(H,25,28)(H,26,29). The van der Waals surface area contributed by atoms with Gasteiger partial charge in [-0.15, -0.1) is 0 Å². The Bertz CT molecular complexity index is 920. The molecule has 0 aromatic heterocycles. The second-order valence-corrected chi connectivity index (χ2v) is 7.38. The molecular formula is C23H29N3O4. The summed E-state index contributed by atoms with van der Waals surface area (Å²) in [7, 11) is 0. The van der Waals surface area contributed by atoms with Crippen LogP contribution in [0.15, 0.2) is 36.4 Å². The van der Waals surface area contributed by atoms with Crippen LogP contribution in [-0.2, 0) is 14.4 Å². The van der Waals surface area contributed by atoms with Crippen molar-refractivity contribution in [2.45, 2.75) is 53.6 Å². The maximum absolute atomic E-state index is 12.2. The first-order chi connectivity index (χ1) is 14.2. The number of carbonyl (C=O) groups excluding carboxylic acids is 3. The Labute approximate surface area is 177 Å². The van der Waals surface area contributed by atoms with E-state index < -0.39 is 17.9 Å². The molecule has 0 radical (unpaired) electrons. The molecule has 0 heterocycles. The molecule has 0 bridgehead atoms. The second-order valence-electron chi connectivity index (χ2n) is 7.38. The Morgan fingerprint density at radius 1 is 0.867 bits per heavy atom. The number of ether oxygens (including phenoxy) is 1. The second kappa shape index (κ2) is 10.4. The van der Waals surface area contributed by atoms with Crippen molar-refractivity contribution in [3.8, 4) is 5.75 Å². The molecule has 0 fully saturated rings. The van der Waals surface area contributed by atoms with Crippen LogP contribution in [0.2, 0.25) is 0 Å². The van der Waals surface area contributed by atoms with Crippen molar-refractivity contribution in [2.24, 2.45) is 0 Å². The highest BCUT2D eigenvalue weighted by Gasteiger charge is 2.17. The van der Waals surface area contributed by atoms with Crippen molar-refractivity contribution >= 4 is 23.4 Å². The molecule has 2 aromatic rings. The number of rotatable bonds is 7. The number of anilines is 1. The van der Waals surface area contributed by atoms with Crippen LogP contribution < -0.4 is 20.9 Å². The van der Waals surface area contributed by atoms with E-state index in [1.807, 2.05) is 64.1 Å². The summed E-state index contributed by atoms with van der Waals surface area (Å²) in [5.74, 6) is -0.561. The van der Waals surface area contributed by atoms with Gasteiger partial charge in [-0.1, -0.05) is 35.9 Å². The summed E-state index contributed by atoms with van der Waals surface area (Å²) in [4.78, 5) is 36.2. The fourth-order valence-electron chi connectivity index (χ4n) is 2.90. The first-order valence-electron chi connectivity index (χ1n) is 9.86. The first kappa shape index (κ1) is 22.9. The molecule has 0 aliphatic heterocycles. The predicted molar refractivity (Wildman–Crippen MR) is 116 cm³/mol. The van der Waals surface area contributed by atoms with Crippen LogP contribution in [0, 0.1) is 27.7 Å². The largest absolute Gasteiger partial charge is 0.480 e. The Morgan fingerprint density at radius 3 is 2.13 bits per heavy atom. The van der Waals surface area contributed by atoms with E-state index in [-0.39, 0.29) is 18.7 Å². The molecule has 30 heavy (non-hydrogen) atoms. The van der Waals surface area contributed by atoms with Crippen LogP contribution in [0.3, 0.4) is 0 Å². The normalized spacial score (nSPS) is 11.4. The molecule has 0 saturated carbocycles. The summed E-state index contributed by atoms with van der Waals surface area (Å²) in [6.07, 6.45) is -0.843. The van der Waals surface area contributed by atoms with Crippen LogP contribution >= 0.6 is 0 Å². The van der Waals surface area contributed by atoms with Crippen molar-refractivity contribution in [3.63, 3.8) is 0 Å². The van der Waals surface area contributed by atoms with Crippen molar-refractivity contribution < 1.29 is 19.1 Å². The molecule has 160 valence electrons. The minimum Gasteiger partial charge on any atom is -0.480 e. The predicted octanol–water partition coefficient (Wildman–Crippen LogP) is 3.25. The van der Waals surface area contributed by atoms with Crippen molar-refractivity contribution in [1.82, 2.24) is 10.9 Å². The molecule has 3 amide bonds. The zero-order valence-corrected chi connectivity index (χ0v) is 18.1. The Hall–Kier alpha value is -3.35. The highest BCUT2D eigenvalue weighted by atomic mass is 16.5. The molecule has 0 aliphatic carbocycles. The highest BCUT2D eigenvalue weighted by Crippen LogP contribution is 2.23. The van der Waals surface area contributed by atoms with Gasteiger partial charge in [0.15, 0.2) is 6.10 Å². The van der Waals surface area contributed by atoms with Gasteiger partial charge < -0.3 is 10.1 Å². The Morgan fingerprint density at radius 2 is 1.50 bits per heavy atom. The zero-order valence-electron chi connectivity index (χ0n) is 18.1. The van der Waals surface area contributed by atoms with E-state index in [2.05, 4.69) is 16.2 Å². The summed E-state index contributed by atoms with van der Waals surface area (Å²) >= 11 is 0. The molecule has 1 unspecified atom stereocenters. The fraction of sp³-hybridized carbons (Fsp3) is 0.348. The molecule has 7 heteroatoms. The number of nitrogens with one attached hydrogen (secondary N) is 3. The Balaban J connectivity index is 1.75. The van der Waals surface area contributed by atoms with E-state index in [0.717, 1.165) is 27.9 Å². The third-order valence-corrected chi connectivity index (χ3v) is 4.63. The first-order valence-corrected chi connectivity index (χ1v) is 9.86.